The quantitative estimate of drug-likeness (QED) is 0.0661. The van der Waals surface area contributed by atoms with Gasteiger partial charge in [0.15, 0.2) is 6.04 Å². The SMILES string of the molecule is CC[C@H](C)[C@@H]1NC(=O)CNC(=O)C2Cc3c4[nH]c5cc(ccc35)OC(CCCCCCNC(=O)OC(C)(C)C)(C(=O)[C@H](CC(N)=O)NC(=O)C(C[S@@+]4[O-])NC(=O)CNC1=O)N1CC(O)C[C@H]1C(=O)N[C@@H]([C@@H](C)[C@@H](O)CO)C(=O)N2. The van der Waals surface area contributed by atoms with Gasteiger partial charge in [-0.25, -0.2) is 9.69 Å². The van der Waals surface area contributed by atoms with Gasteiger partial charge in [0.2, 0.25) is 63.8 Å². The number of hydrogen-bond acceptors (Lipinski definition) is 17. The highest BCUT2D eigenvalue weighted by Gasteiger charge is 2.57. The maximum absolute atomic E-state index is 16.0. The van der Waals surface area contributed by atoms with Crippen molar-refractivity contribution in [3.05, 3.63) is 23.8 Å². The van der Waals surface area contributed by atoms with Gasteiger partial charge in [-0.05, 0) is 58.1 Å². The van der Waals surface area contributed by atoms with Crippen molar-refractivity contribution in [2.45, 2.75) is 164 Å². The number of hydrogen-bond donors (Lipinski definition) is 13. The summed E-state index contributed by atoms with van der Waals surface area (Å²) in [5, 5.41) is 53.4. The molecule has 9 amide bonds. The van der Waals surface area contributed by atoms with Gasteiger partial charge in [-0.15, -0.1) is 0 Å². The summed E-state index contributed by atoms with van der Waals surface area (Å²) < 4.78 is 27.2. The van der Waals surface area contributed by atoms with E-state index in [1.165, 1.54) is 30.0 Å². The first-order valence-corrected chi connectivity index (χ1v) is 27.9. The summed E-state index contributed by atoms with van der Waals surface area (Å²) in [6.45, 7) is 7.24. The molecule has 0 aliphatic carbocycles. The molecule has 0 spiro atoms. The number of ether oxygens (including phenoxy) is 2. The molecule has 2 aromatic rings. The number of aromatic amines is 1. The molecule has 5 aliphatic rings. The van der Waals surface area contributed by atoms with Gasteiger partial charge in [0.05, 0.1) is 49.9 Å². The number of ketones is 1. The summed E-state index contributed by atoms with van der Waals surface area (Å²) in [7, 11) is 0. The van der Waals surface area contributed by atoms with E-state index in [0.29, 0.717) is 25.7 Å². The number of aromatic nitrogens is 1. The van der Waals surface area contributed by atoms with Crippen molar-refractivity contribution < 1.29 is 77.3 Å². The molecule has 6 heterocycles. The van der Waals surface area contributed by atoms with E-state index in [2.05, 4.69) is 47.5 Å². The van der Waals surface area contributed by atoms with Crippen LogP contribution in [-0.2, 0) is 65.5 Å². The first kappa shape index (κ1) is 61.6. The van der Waals surface area contributed by atoms with Crippen LogP contribution in [0, 0.1) is 11.8 Å². The van der Waals surface area contributed by atoms with Gasteiger partial charge in [0.1, 0.15) is 41.3 Å². The molecule has 0 radical (unpaired) electrons. The zero-order valence-corrected chi connectivity index (χ0v) is 46.0. The van der Waals surface area contributed by atoms with Crippen LogP contribution in [0.3, 0.4) is 0 Å². The Morgan fingerprint density at radius 3 is 2.25 bits per heavy atom. The van der Waals surface area contributed by atoms with Crippen LogP contribution in [0.5, 0.6) is 5.75 Å². The van der Waals surface area contributed by atoms with Crippen LogP contribution < -0.4 is 53.0 Å². The number of rotatable bonds is 14. The highest BCUT2D eigenvalue weighted by molar-refractivity contribution is 7.91. The lowest BCUT2D eigenvalue weighted by molar-refractivity contribution is -0.166. The average Bonchev–Trinajstić information content (AvgIpc) is 4.23. The molecule has 5 aliphatic heterocycles. The topological polar surface area (TPSA) is 414 Å². The summed E-state index contributed by atoms with van der Waals surface area (Å²) in [6, 6.07) is -5.66. The Morgan fingerprint density at radius 1 is 0.899 bits per heavy atom. The molecule has 12 atom stereocenters. The van der Waals surface area contributed by atoms with Crippen molar-refractivity contribution in [3.8, 4) is 5.75 Å². The van der Waals surface area contributed by atoms with E-state index in [0.717, 1.165) is 0 Å². The van der Waals surface area contributed by atoms with Crippen LogP contribution in [0.25, 0.3) is 10.9 Å². The molecule has 27 nitrogen and oxygen atoms in total. The van der Waals surface area contributed by atoms with E-state index in [-0.39, 0.29) is 46.6 Å². The van der Waals surface area contributed by atoms with Gasteiger partial charge in [0.25, 0.3) is 0 Å². The predicted octanol–water partition coefficient (Wildman–Crippen LogP) is -3.02. The van der Waals surface area contributed by atoms with Crippen LogP contribution in [0.2, 0.25) is 0 Å². The largest absolute Gasteiger partial charge is 0.610 e. The first-order chi connectivity index (χ1) is 37.2. The third-order valence-corrected chi connectivity index (χ3v) is 15.9. The van der Waals surface area contributed by atoms with Crippen LogP contribution in [0.4, 0.5) is 4.79 Å². The Morgan fingerprint density at radius 2 is 1.58 bits per heavy atom. The zero-order chi connectivity index (χ0) is 58.1. The molecule has 436 valence electrons. The fourth-order valence-corrected chi connectivity index (χ4v) is 11.5. The maximum Gasteiger partial charge on any atom is 0.407 e. The summed E-state index contributed by atoms with van der Waals surface area (Å²) in [5.74, 6) is -11.7. The normalized spacial score (nSPS) is 28.0. The third-order valence-electron chi connectivity index (χ3n) is 14.5. The summed E-state index contributed by atoms with van der Waals surface area (Å²) in [4.78, 5) is 146. The van der Waals surface area contributed by atoms with E-state index >= 15 is 9.59 Å². The molecule has 8 bridgehead atoms. The van der Waals surface area contributed by atoms with E-state index in [1.807, 2.05) is 0 Å². The number of H-pyrrole nitrogens is 1. The standard InChI is InChI=1S/C51H75N11O16S/c1-7-25(2)40-46(73)55-20-38(67)56-34-24-79(76)48-30-18-33(43(70)54-21-39(68)60-40)58-47(74)41(26(3)36(65)23-63)61-45(72)35-16-27(64)22-62(35)51(42(69)32(19-37(52)66)57-44(34)71,77-28-12-13-29(30)31(17-28)59-48)14-10-8-9-11-15-53-49(75)78-50(4,5)6/h12-13,17,25-27,32-36,40-41,59,63-65H,7-11,14-16,18-24H2,1-6H3,(H2,52,66)(H,53,75)(H,54,70)(H,55,73)(H,56,67)(H,57,71)(H,58,74)(H,60,68)(H,61,72)/t25-,26-,27?,32-,33?,34?,35-,36-,40-,41-,51?,79+/m0/s1. The Bertz CT molecular complexity index is 2630. The molecule has 0 saturated carbocycles. The molecule has 79 heavy (non-hydrogen) atoms. The molecule has 4 unspecified atom stereocenters. The number of nitrogens with zero attached hydrogens (tertiary/aromatic N) is 1. The Labute approximate surface area is 459 Å². The number of fused-ring (bicyclic) bond motifs is 7. The molecule has 1 aromatic carbocycles. The van der Waals surface area contributed by atoms with Gasteiger partial charge in [-0.1, -0.05) is 40.0 Å². The van der Waals surface area contributed by atoms with Crippen molar-refractivity contribution >= 4 is 81.2 Å². The molecular formula is C51H75N11O16S. The number of unbranched alkanes of at least 4 members (excludes halogenated alkanes) is 3. The Kier molecular flexibility index (Phi) is 20.7. The minimum absolute atomic E-state index is 0.0547. The monoisotopic (exact) mass is 1130 g/mol. The highest BCUT2D eigenvalue weighted by atomic mass is 32.2. The number of Topliss-reactive ketones (excluding diaryl/α,β-unsaturated/α-hetero) is 1. The second kappa shape index (κ2) is 26.6. The molecular weight excluding hydrogens is 1050 g/mol. The molecule has 1 saturated heterocycles. The predicted molar refractivity (Wildman–Crippen MR) is 281 cm³/mol. The number of nitrogens with one attached hydrogen (secondary N) is 9. The van der Waals surface area contributed by atoms with Crippen LogP contribution in [0.1, 0.15) is 98.5 Å². The minimum atomic E-state index is -2.43. The molecule has 1 fully saturated rings. The lowest BCUT2D eigenvalue weighted by Crippen LogP contribution is -2.68. The number of carbonyl (C=O) groups is 10. The lowest BCUT2D eigenvalue weighted by Gasteiger charge is -2.45. The minimum Gasteiger partial charge on any atom is -0.610 e. The van der Waals surface area contributed by atoms with E-state index in [9.17, 15) is 58.2 Å². The zero-order valence-electron chi connectivity index (χ0n) is 45.2. The summed E-state index contributed by atoms with van der Waals surface area (Å²) in [5.41, 5.74) is 2.93. The number of carbonyl (C=O) groups excluding carboxylic acids is 10. The number of aliphatic hydroxyl groups excluding tert-OH is 3. The Balaban J connectivity index is 1.60. The van der Waals surface area contributed by atoms with Gasteiger partial charge < -0.3 is 82.6 Å². The van der Waals surface area contributed by atoms with E-state index in [1.54, 1.807) is 34.6 Å². The fraction of sp³-hybridized carbons (Fsp3) is 0.647. The van der Waals surface area contributed by atoms with Gasteiger partial charge in [0, 0.05) is 60.0 Å². The van der Waals surface area contributed by atoms with Crippen LogP contribution in [-0.4, -0.2) is 187 Å². The molecule has 1 aromatic heterocycles. The number of aliphatic hydroxyl groups is 3. The van der Waals surface area contributed by atoms with Gasteiger partial charge >= 0.3 is 6.09 Å². The van der Waals surface area contributed by atoms with Crippen molar-refractivity contribution in [3.63, 3.8) is 0 Å². The molecule has 14 N–H and O–H groups in total. The number of nitrogens with two attached hydrogens (primary N) is 1. The van der Waals surface area contributed by atoms with Crippen molar-refractivity contribution in [2.75, 3.05) is 38.5 Å². The average molecular weight is 1130 g/mol. The van der Waals surface area contributed by atoms with Crippen molar-refractivity contribution in [1.29, 1.82) is 0 Å². The molecule has 7 rings (SSSR count). The number of benzene rings is 1. The number of amides is 9. The second-order valence-electron chi connectivity index (χ2n) is 21.6. The Hall–Kier alpha value is -6.59. The fourth-order valence-electron chi connectivity index (χ4n) is 10.1. The van der Waals surface area contributed by atoms with Crippen molar-refractivity contribution in [2.24, 2.45) is 17.6 Å². The summed E-state index contributed by atoms with van der Waals surface area (Å²) in [6.07, 6.45) is -4.07. The van der Waals surface area contributed by atoms with Gasteiger partial charge in [-0.2, -0.15) is 0 Å². The first-order valence-electron chi connectivity index (χ1n) is 26.6. The second-order valence-corrected chi connectivity index (χ2v) is 23.1. The third kappa shape index (κ3) is 15.4. The van der Waals surface area contributed by atoms with E-state index in [4.69, 9.17) is 15.2 Å². The van der Waals surface area contributed by atoms with Crippen LogP contribution >= 0.6 is 0 Å². The van der Waals surface area contributed by atoms with E-state index < -0.39 is 193 Å². The lowest BCUT2D eigenvalue weighted by atomic mass is 9.89. The number of alkyl carbamates (subject to hydrolysis) is 1. The summed E-state index contributed by atoms with van der Waals surface area (Å²) >= 11 is -2.38. The van der Waals surface area contributed by atoms with Crippen LogP contribution in [0.15, 0.2) is 23.2 Å². The van der Waals surface area contributed by atoms with Crippen molar-refractivity contribution in [1.82, 2.24) is 52.4 Å². The number of primary amides is 1. The van der Waals surface area contributed by atoms with Gasteiger partial charge in [-0.3, -0.25) is 43.2 Å². The highest BCUT2D eigenvalue weighted by Crippen LogP contribution is 2.39. The molecule has 28 heteroatoms. The maximum atomic E-state index is 16.0. The smallest absolute Gasteiger partial charge is 0.407 e.